The van der Waals surface area contributed by atoms with E-state index in [1.54, 1.807) is 12.1 Å². The topological polar surface area (TPSA) is 21.3 Å². The minimum Gasteiger partial charge on any atom is -0.488 e. The lowest BCUT2D eigenvalue weighted by atomic mass is 10.1. The fraction of sp³-hybridized carbons (Fsp3) is 0.143. The monoisotopic (exact) mass is 321 g/mol. The van der Waals surface area contributed by atoms with Gasteiger partial charge in [0.15, 0.2) is 0 Å². The number of anilines is 1. The van der Waals surface area contributed by atoms with E-state index in [-0.39, 0.29) is 12.4 Å². The second-order valence-electron chi connectivity index (χ2n) is 5.66. The number of hydrogen-bond acceptors (Lipinski definition) is 2. The van der Waals surface area contributed by atoms with Crippen LogP contribution >= 0.6 is 0 Å². The molecule has 3 rings (SSSR count). The average molecular weight is 321 g/mol. The molecule has 0 fully saturated rings. The van der Waals surface area contributed by atoms with Crippen molar-refractivity contribution in [3.8, 4) is 5.75 Å². The second kappa shape index (κ2) is 7.64. The highest BCUT2D eigenvalue weighted by atomic mass is 19.1. The molecule has 0 atom stereocenters. The average Bonchev–Trinajstić information content (AvgIpc) is 2.61. The summed E-state index contributed by atoms with van der Waals surface area (Å²) in [6, 6.07) is 22.7. The molecule has 0 aliphatic rings. The van der Waals surface area contributed by atoms with Gasteiger partial charge in [-0.05, 0) is 30.7 Å². The first-order valence-electron chi connectivity index (χ1n) is 7.97. The fourth-order valence-electron chi connectivity index (χ4n) is 2.52. The van der Waals surface area contributed by atoms with Gasteiger partial charge in [0.05, 0.1) is 0 Å². The third-order valence-corrected chi connectivity index (χ3v) is 3.93. The van der Waals surface area contributed by atoms with E-state index in [0.717, 1.165) is 17.0 Å². The van der Waals surface area contributed by atoms with Crippen LogP contribution in [0.1, 0.15) is 16.7 Å². The van der Waals surface area contributed by atoms with Gasteiger partial charge in [-0.25, -0.2) is 4.39 Å². The molecule has 1 N–H and O–H groups in total. The van der Waals surface area contributed by atoms with Crippen molar-refractivity contribution in [2.45, 2.75) is 20.1 Å². The predicted molar refractivity (Wildman–Crippen MR) is 95.7 cm³/mol. The maximum absolute atomic E-state index is 13.7. The molecule has 0 radical (unpaired) electrons. The molecule has 0 bridgehead atoms. The maximum Gasteiger partial charge on any atom is 0.129 e. The Bertz CT molecular complexity index is 748. The summed E-state index contributed by atoms with van der Waals surface area (Å²) in [6.07, 6.45) is 0. The van der Waals surface area contributed by atoms with Gasteiger partial charge in [0, 0.05) is 23.4 Å². The lowest BCUT2D eigenvalue weighted by Crippen LogP contribution is -2.05. The largest absolute Gasteiger partial charge is 0.488 e. The van der Waals surface area contributed by atoms with Gasteiger partial charge in [-0.15, -0.1) is 0 Å². The van der Waals surface area contributed by atoms with Crippen LogP contribution in [0.25, 0.3) is 0 Å². The Kier molecular flexibility index (Phi) is 5.12. The van der Waals surface area contributed by atoms with E-state index >= 15 is 0 Å². The summed E-state index contributed by atoms with van der Waals surface area (Å²) in [6.45, 7) is 2.94. The van der Waals surface area contributed by atoms with Crippen molar-refractivity contribution in [2.24, 2.45) is 0 Å². The van der Waals surface area contributed by atoms with Crippen LogP contribution in [0.4, 0.5) is 10.1 Å². The molecular formula is C21H20FNO. The first-order chi connectivity index (χ1) is 11.7. The Hall–Kier alpha value is -2.81. The zero-order chi connectivity index (χ0) is 16.8. The van der Waals surface area contributed by atoms with E-state index in [2.05, 4.69) is 24.4 Å². The van der Waals surface area contributed by atoms with Crippen LogP contribution in [0.2, 0.25) is 0 Å². The van der Waals surface area contributed by atoms with Gasteiger partial charge in [0.25, 0.3) is 0 Å². The number of hydrogen-bond donors (Lipinski definition) is 1. The van der Waals surface area contributed by atoms with Gasteiger partial charge in [-0.3, -0.25) is 0 Å². The minimum atomic E-state index is -0.243. The number of rotatable bonds is 6. The van der Waals surface area contributed by atoms with Gasteiger partial charge in [-0.2, -0.15) is 0 Å². The molecule has 0 saturated heterocycles. The van der Waals surface area contributed by atoms with Crippen LogP contribution in [0.5, 0.6) is 5.75 Å². The molecule has 0 heterocycles. The first kappa shape index (κ1) is 16.1. The van der Waals surface area contributed by atoms with E-state index in [1.165, 1.54) is 11.6 Å². The molecule has 3 heteroatoms. The molecule has 0 spiro atoms. The van der Waals surface area contributed by atoms with Crippen molar-refractivity contribution in [3.05, 3.63) is 95.3 Å². The minimum absolute atomic E-state index is 0.216. The molecule has 24 heavy (non-hydrogen) atoms. The number of para-hydroxylation sites is 2. The molecule has 0 aromatic heterocycles. The van der Waals surface area contributed by atoms with Crippen molar-refractivity contribution in [1.82, 2.24) is 0 Å². The summed E-state index contributed by atoms with van der Waals surface area (Å²) in [5, 5.41) is 3.43. The molecule has 122 valence electrons. The molecule has 0 saturated carbocycles. The Balaban J connectivity index is 1.69. The summed E-state index contributed by atoms with van der Waals surface area (Å²) < 4.78 is 19.6. The Morgan fingerprint density at radius 2 is 1.50 bits per heavy atom. The lowest BCUT2D eigenvalue weighted by Gasteiger charge is -2.14. The van der Waals surface area contributed by atoms with Crippen LogP contribution in [0, 0.1) is 12.7 Å². The van der Waals surface area contributed by atoms with Crippen molar-refractivity contribution < 1.29 is 9.13 Å². The zero-order valence-corrected chi connectivity index (χ0v) is 13.6. The van der Waals surface area contributed by atoms with Crippen molar-refractivity contribution in [2.75, 3.05) is 5.32 Å². The van der Waals surface area contributed by atoms with E-state index in [9.17, 15) is 4.39 Å². The van der Waals surface area contributed by atoms with Crippen LogP contribution in [0.15, 0.2) is 72.8 Å². The number of halogens is 1. The SMILES string of the molecule is Cc1ccccc1NCc1ccccc1OCc1ccccc1F. The number of benzene rings is 3. The molecular weight excluding hydrogens is 301 g/mol. The summed E-state index contributed by atoms with van der Waals surface area (Å²) in [5.41, 5.74) is 3.89. The molecule has 2 nitrogen and oxygen atoms in total. The fourth-order valence-corrected chi connectivity index (χ4v) is 2.52. The normalized spacial score (nSPS) is 10.4. The van der Waals surface area contributed by atoms with Gasteiger partial charge in [0.2, 0.25) is 0 Å². The molecule has 3 aromatic rings. The summed E-state index contributed by atoms with van der Waals surface area (Å²) in [4.78, 5) is 0. The van der Waals surface area contributed by atoms with Crippen molar-refractivity contribution in [3.63, 3.8) is 0 Å². The number of aryl methyl sites for hydroxylation is 1. The molecule has 0 aliphatic carbocycles. The summed E-state index contributed by atoms with van der Waals surface area (Å²) in [7, 11) is 0. The molecule has 3 aromatic carbocycles. The zero-order valence-electron chi connectivity index (χ0n) is 13.6. The number of nitrogens with one attached hydrogen (secondary N) is 1. The van der Waals surface area contributed by atoms with E-state index in [1.807, 2.05) is 42.5 Å². The van der Waals surface area contributed by atoms with Crippen LogP contribution in [-0.2, 0) is 13.2 Å². The third-order valence-electron chi connectivity index (χ3n) is 3.93. The van der Waals surface area contributed by atoms with E-state index < -0.39 is 0 Å². The summed E-state index contributed by atoms with van der Waals surface area (Å²) in [5.74, 6) is 0.523. The molecule has 0 unspecified atom stereocenters. The van der Waals surface area contributed by atoms with Gasteiger partial charge >= 0.3 is 0 Å². The van der Waals surface area contributed by atoms with Crippen molar-refractivity contribution >= 4 is 5.69 Å². The Morgan fingerprint density at radius 3 is 2.29 bits per heavy atom. The first-order valence-corrected chi connectivity index (χ1v) is 7.97. The number of ether oxygens (including phenoxy) is 1. The third kappa shape index (κ3) is 3.93. The second-order valence-corrected chi connectivity index (χ2v) is 5.66. The van der Waals surface area contributed by atoms with Crippen molar-refractivity contribution in [1.29, 1.82) is 0 Å². The standard InChI is InChI=1S/C21H20FNO/c1-16-8-2-6-12-20(16)23-14-17-9-4-7-13-21(17)24-15-18-10-3-5-11-19(18)22/h2-13,23H,14-15H2,1H3. The Morgan fingerprint density at radius 1 is 0.833 bits per heavy atom. The van der Waals surface area contributed by atoms with E-state index in [0.29, 0.717) is 12.1 Å². The van der Waals surface area contributed by atoms with Gasteiger partial charge in [-0.1, -0.05) is 54.6 Å². The lowest BCUT2D eigenvalue weighted by molar-refractivity contribution is 0.297. The van der Waals surface area contributed by atoms with E-state index in [4.69, 9.17) is 4.74 Å². The summed E-state index contributed by atoms with van der Waals surface area (Å²) >= 11 is 0. The highest BCUT2D eigenvalue weighted by Crippen LogP contribution is 2.22. The van der Waals surface area contributed by atoms with Gasteiger partial charge in [0.1, 0.15) is 18.2 Å². The van der Waals surface area contributed by atoms with Crippen LogP contribution in [0.3, 0.4) is 0 Å². The highest BCUT2D eigenvalue weighted by molar-refractivity contribution is 5.51. The molecule has 0 amide bonds. The Labute approximate surface area is 141 Å². The van der Waals surface area contributed by atoms with Gasteiger partial charge < -0.3 is 10.1 Å². The smallest absolute Gasteiger partial charge is 0.129 e. The predicted octanol–water partition coefficient (Wildman–Crippen LogP) is 5.33. The van der Waals surface area contributed by atoms with Crippen LogP contribution < -0.4 is 10.1 Å². The van der Waals surface area contributed by atoms with Crippen LogP contribution in [-0.4, -0.2) is 0 Å². The maximum atomic E-state index is 13.7. The quantitative estimate of drug-likeness (QED) is 0.663. The highest BCUT2D eigenvalue weighted by Gasteiger charge is 2.06. The molecule has 0 aliphatic heterocycles.